The summed E-state index contributed by atoms with van der Waals surface area (Å²) in [6.07, 6.45) is 1.20. The molecule has 0 radical (unpaired) electrons. The number of carbonyl (C=O) groups excluding carboxylic acids is 2. The number of halogens is 1. The minimum Gasteiger partial charge on any atom is -0.462 e. The molecule has 0 spiro atoms. The first-order valence-corrected chi connectivity index (χ1v) is 6.81. The number of pyridine rings is 1. The minimum atomic E-state index is -0.764. The number of esters is 2. The van der Waals surface area contributed by atoms with Gasteiger partial charge in [0.15, 0.2) is 10.7 Å². The second-order valence-electron chi connectivity index (χ2n) is 3.93. The first-order chi connectivity index (χ1) is 9.99. The van der Waals surface area contributed by atoms with Gasteiger partial charge in [-0.15, -0.1) is 0 Å². The van der Waals surface area contributed by atoms with E-state index in [1.807, 2.05) is 0 Å². The third kappa shape index (κ3) is 5.07. The Morgan fingerprint density at radius 3 is 2.29 bits per heavy atom. The molecule has 1 heterocycles. The van der Waals surface area contributed by atoms with Crippen molar-refractivity contribution >= 4 is 29.2 Å². The van der Waals surface area contributed by atoms with Crippen LogP contribution in [0.3, 0.4) is 0 Å². The van der Waals surface area contributed by atoms with Gasteiger partial charge in [-0.25, -0.2) is 14.6 Å². The maximum atomic E-state index is 11.7. The number of carbonyl (C=O) groups is 2. The lowest BCUT2D eigenvalue weighted by Crippen LogP contribution is -2.19. The first-order valence-electron chi connectivity index (χ1n) is 6.43. The number of ether oxygens (including phenoxy) is 2. The SMILES string of the molecule is CCOC(=O)C(=CNc1ccc(C)nc1Cl)C(=O)OCC. The number of nitrogens with zero attached hydrogens (tertiary/aromatic N) is 1. The molecule has 0 unspecified atom stereocenters. The average molecular weight is 313 g/mol. The van der Waals surface area contributed by atoms with E-state index < -0.39 is 11.9 Å². The lowest BCUT2D eigenvalue weighted by Gasteiger charge is -2.08. The van der Waals surface area contributed by atoms with Gasteiger partial charge in [-0.2, -0.15) is 0 Å². The van der Waals surface area contributed by atoms with Gasteiger partial charge in [-0.3, -0.25) is 0 Å². The van der Waals surface area contributed by atoms with E-state index in [-0.39, 0.29) is 23.9 Å². The lowest BCUT2D eigenvalue weighted by atomic mass is 10.3. The molecule has 1 N–H and O–H groups in total. The Labute approximate surface area is 128 Å². The van der Waals surface area contributed by atoms with Gasteiger partial charge in [0.05, 0.1) is 18.9 Å². The van der Waals surface area contributed by atoms with Crippen molar-refractivity contribution in [3.8, 4) is 0 Å². The zero-order valence-corrected chi connectivity index (χ0v) is 12.9. The predicted molar refractivity (Wildman–Crippen MR) is 79.0 cm³/mol. The van der Waals surface area contributed by atoms with Crippen LogP contribution in [0.4, 0.5) is 5.69 Å². The molecule has 7 heteroatoms. The van der Waals surface area contributed by atoms with E-state index in [4.69, 9.17) is 21.1 Å². The molecule has 114 valence electrons. The van der Waals surface area contributed by atoms with E-state index in [2.05, 4.69) is 10.3 Å². The average Bonchev–Trinajstić information content (AvgIpc) is 2.41. The van der Waals surface area contributed by atoms with Crippen LogP contribution in [0.2, 0.25) is 5.15 Å². The van der Waals surface area contributed by atoms with Crippen LogP contribution < -0.4 is 5.32 Å². The Hall–Kier alpha value is -2.08. The monoisotopic (exact) mass is 312 g/mol. The van der Waals surface area contributed by atoms with E-state index in [0.29, 0.717) is 5.69 Å². The van der Waals surface area contributed by atoms with E-state index in [9.17, 15) is 9.59 Å². The van der Waals surface area contributed by atoms with Gasteiger partial charge < -0.3 is 14.8 Å². The normalized spacial score (nSPS) is 9.71. The van der Waals surface area contributed by atoms with Gasteiger partial charge >= 0.3 is 11.9 Å². The molecule has 0 saturated carbocycles. The Morgan fingerprint density at radius 2 is 1.81 bits per heavy atom. The number of nitrogens with one attached hydrogen (secondary N) is 1. The number of anilines is 1. The summed E-state index contributed by atoms with van der Waals surface area (Å²) in [5.41, 5.74) is 0.981. The molecule has 0 aromatic carbocycles. The summed E-state index contributed by atoms with van der Waals surface area (Å²) in [5, 5.41) is 3.00. The molecule has 0 fully saturated rings. The van der Waals surface area contributed by atoms with Crippen molar-refractivity contribution in [3.05, 3.63) is 34.8 Å². The summed E-state index contributed by atoms with van der Waals surface area (Å²) in [4.78, 5) is 27.5. The standard InChI is InChI=1S/C14H17ClN2O4/c1-4-20-13(18)10(14(19)21-5-2)8-16-11-7-6-9(3)17-12(11)15/h6-8,16H,4-5H2,1-3H3. The molecule has 1 aromatic rings. The highest BCUT2D eigenvalue weighted by molar-refractivity contribution is 6.32. The highest BCUT2D eigenvalue weighted by Gasteiger charge is 2.21. The highest BCUT2D eigenvalue weighted by atomic mass is 35.5. The van der Waals surface area contributed by atoms with E-state index in [0.717, 1.165) is 5.69 Å². The quantitative estimate of drug-likeness (QED) is 0.286. The summed E-state index contributed by atoms with van der Waals surface area (Å²) in [5.74, 6) is -1.53. The van der Waals surface area contributed by atoms with Crippen LogP contribution in [-0.2, 0) is 19.1 Å². The van der Waals surface area contributed by atoms with Crippen LogP contribution in [0.5, 0.6) is 0 Å². The highest BCUT2D eigenvalue weighted by Crippen LogP contribution is 2.19. The fourth-order valence-corrected chi connectivity index (χ4v) is 1.65. The van der Waals surface area contributed by atoms with E-state index >= 15 is 0 Å². The second-order valence-corrected chi connectivity index (χ2v) is 4.29. The third-order valence-corrected chi connectivity index (χ3v) is 2.64. The van der Waals surface area contributed by atoms with Crippen molar-refractivity contribution in [2.24, 2.45) is 0 Å². The van der Waals surface area contributed by atoms with Crippen LogP contribution in [0.1, 0.15) is 19.5 Å². The number of hydrogen-bond acceptors (Lipinski definition) is 6. The van der Waals surface area contributed by atoms with Crippen molar-refractivity contribution in [1.29, 1.82) is 0 Å². The molecule has 0 aliphatic rings. The van der Waals surface area contributed by atoms with Crippen LogP contribution in [0.25, 0.3) is 0 Å². The Kier molecular flexibility index (Phi) is 6.68. The van der Waals surface area contributed by atoms with Gasteiger partial charge in [-0.05, 0) is 32.9 Å². The van der Waals surface area contributed by atoms with Crippen molar-refractivity contribution in [3.63, 3.8) is 0 Å². The molecule has 0 aliphatic carbocycles. The lowest BCUT2D eigenvalue weighted by molar-refractivity contribution is -0.146. The van der Waals surface area contributed by atoms with Crippen molar-refractivity contribution in [1.82, 2.24) is 4.98 Å². The minimum absolute atomic E-state index is 0.155. The van der Waals surface area contributed by atoms with Crippen molar-refractivity contribution < 1.29 is 19.1 Å². The summed E-state index contributed by atoms with van der Waals surface area (Å²) < 4.78 is 9.63. The summed E-state index contributed by atoms with van der Waals surface area (Å²) in [6.45, 7) is 5.41. The summed E-state index contributed by atoms with van der Waals surface area (Å²) in [6, 6.07) is 3.44. The van der Waals surface area contributed by atoms with Gasteiger partial charge in [-0.1, -0.05) is 11.6 Å². The van der Waals surface area contributed by atoms with Gasteiger partial charge in [0.25, 0.3) is 0 Å². The number of rotatable bonds is 6. The molecule has 0 saturated heterocycles. The van der Waals surface area contributed by atoms with E-state index in [1.165, 1.54) is 6.20 Å². The number of hydrogen-bond donors (Lipinski definition) is 1. The molecule has 21 heavy (non-hydrogen) atoms. The van der Waals surface area contributed by atoms with E-state index in [1.54, 1.807) is 32.9 Å². The Balaban J connectivity index is 2.96. The molecule has 0 bridgehead atoms. The maximum absolute atomic E-state index is 11.7. The van der Waals surface area contributed by atoms with Crippen LogP contribution in [0, 0.1) is 6.92 Å². The second kappa shape index (κ2) is 8.26. The van der Waals surface area contributed by atoms with Crippen LogP contribution >= 0.6 is 11.6 Å². The van der Waals surface area contributed by atoms with Gasteiger partial charge in [0, 0.05) is 11.9 Å². The largest absolute Gasteiger partial charge is 0.462 e. The van der Waals surface area contributed by atoms with Gasteiger partial charge in [0.1, 0.15) is 0 Å². The van der Waals surface area contributed by atoms with Gasteiger partial charge in [0.2, 0.25) is 0 Å². The predicted octanol–water partition coefficient (Wildman–Crippen LogP) is 2.47. The molecule has 1 rings (SSSR count). The smallest absolute Gasteiger partial charge is 0.347 e. The third-order valence-electron chi connectivity index (χ3n) is 2.35. The molecular weight excluding hydrogens is 296 g/mol. The molecule has 0 amide bonds. The van der Waals surface area contributed by atoms with Crippen LogP contribution in [-0.4, -0.2) is 30.1 Å². The van der Waals surface area contributed by atoms with Crippen molar-refractivity contribution in [2.75, 3.05) is 18.5 Å². The first kappa shape index (κ1) is 17.0. The summed E-state index contributed by atoms with van der Waals surface area (Å²) >= 11 is 5.96. The zero-order valence-electron chi connectivity index (χ0n) is 12.1. The summed E-state index contributed by atoms with van der Waals surface area (Å²) in [7, 11) is 0. The molecule has 6 nitrogen and oxygen atoms in total. The fraction of sp³-hybridized carbons (Fsp3) is 0.357. The topological polar surface area (TPSA) is 77.5 Å². The fourth-order valence-electron chi connectivity index (χ4n) is 1.40. The Morgan fingerprint density at radius 1 is 1.24 bits per heavy atom. The Bertz CT molecular complexity index is 538. The zero-order chi connectivity index (χ0) is 15.8. The molecule has 0 atom stereocenters. The number of aromatic nitrogens is 1. The van der Waals surface area contributed by atoms with Crippen molar-refractivity contribution in [2.45, 2.75) is 20.8 Å². The number of aryl methyl sites for hydroxylation is 1. The maximum Gasteiger partial charge on any atom is 0.347 e. The molecule has 0 aliphatic heterocycles. The van der Waals surface area contributed by atoms with Crippen LogP contribution in [0.15, 0.2) is 23.9 Å². The molecule has 1 aromatic heterocycles. The molecular formula is C14H17ClN2O4.